The molecule has 0 saturated carbocycles. The van der Waals surface area contributed by atoms with Gasteiger partial charge < -0.3 is 20.6 Å². The Hall–Kier alpha value is -0.203. The van der Waals surface area contributed by atoms with Crippen LogP contribution in [0.25, 0.3) is 0 Å². The zero-order valence-corrected chi connectivity index (χ0v) is 10.9. The summed E-state index contributed by atoms with van der Waals surface area (Å²) < 4.78 is 11.2. The number of hydrogen-bond donors (Lipinski definition) is 4. The summed E-state index contributed by atoms with van der Waals surface area (Å²) in [6.07, 6.45) is -0.171. The number of carboxylic acids is 1. The van der Waals surface area contributed by atoms with E-state index >= 15 is 0 Å². The summed E-state index contributed by atoms with van der Waals surface area (Å²) in [7, 11) is -6.41. The molecule has 90 valence electrons. The molecule has 8 heteroatoms. The highest BCUT2D eigenvalue weighted by Crippen LogP contribution is 2.47. The molecule has 0 aromatic heterocycles. The molecule has 0 aliphatic carbocycles. The van der Waals surface area contributed by atoms with Crippen molar-refractivity contribution in [1.29, 1.82) is 0 Å². The van der Waals surface area contributed by atoms with E-state index in [-0.39, 0.29) is 6.42 Å². The highest BCUT2D eigenvalue weighted by atomic mass is 31.2. The fourth-order valence-electron chi connectivity index (χ4n) is 1.34. The van der Waals surface area contributed by atoms with Gasteiger partial charge in [-0.2, -0.15) is 0 Å². The minimum absolute atomic E-state index is 0.171. The van der Waals surface area contributed by atoms with Crippen molar-refractivity contribution in [2.24, 2.45) is 5.73 Å². The Labute approximate surface area is 89.7 Å². The monoisotopic (exact) mass is 255 g/mol. The molecule has 0 aliphatic heterocycles. The summed E-state index contributed by atoms with van der Waals surface area (Å²) in [5.74, 6) is -1.23. The van der Waals surface area contributed by atoms with Gasteiger partial charge in [0.2, 0.25) is 0 Å². The second-order valence-electron chi connectivity index (χ2n) is 4.65. The molecule has 15 heavy (non-hydrogen) atoms. The first-order valence-corrected chi connectivity index (χ1v) is 9.75. The first-order chi connectivity index (χ1) is 6.46. The molecule has 0 saturated heterocycles. The van der Waals surface area contributed by atoms with Gasteiger partial charge in [-0.1, -0.05) is 19.6 Å². The van der Waals surface area contributed by atoms with E-state index in [1.807, 2.05) is 0 Å². The molecule has 0 rings (SSSR count). The van der Waals surface area contributed by atoms with Gasteiger partial charge in [-0.3, -0.25) is 9.36 Å². The van der Waals surface area contributed by atoms with Crippen LogP contribution in [-0.2, 0) is 9.36 Å². The average molecular weight is 255 g/mol. The molecule has 0 aliphatic rings. The van der Waals surface area contributed by atoms with Gasteiger partial charge in [-0.15, -0.1) is 0 Å². The van der Waals surface area contributed by atoms with Gasteiger partial charge in [-0.05, 0) is 6.42 Å². The Bertz CT molecular complexity index is 284. The van der Waals surface area contributed by atoms with Gasteiger partial charge in [0, 0.05) is 0 Å². The third-order valence-electron chi connectivity index (χ3n) is 2.20. The Morgan fingerprint density at radius 3 is 2.00 bits per heavy atom. The van der Waals surface area contributed by atoms with Crippen LogP contribution < -0.4 is 5.73 Å². The predicted octanol–water partition coefficient (Wildman–Crippen LogP) is 0.212. The summed E-state index contributed by atoms with van der Waals surface area (Å²) in [4.78, 5) is 28.8. The van der Waals surface area contributed by atoms with Crippen LogP contribution in [0.1, 0.15) is 6.42 Å². The fraction of sp³-hybridized carbons (Fsp3) is 0.857. The van der Waals surface area contributed by atoms with Crippen molar-refractivity contribution < 1.29 is 24.3 Å². The molecule has 0 unspecified atom stereocenters. The van der Waals surface area contributed by atoms with Crippen LogP contribution in [0.15, 0.2) is 0 Å². The lowest BCUT2D eigenvalue weighted by molar-refractivity contribution is -0.138. The van der Waals surface area contributed by atoms with Gasteiger partial charge in [0.05, 0.1) is 13.4 Å². The van der Waals surface area contributed by atoms with Crippen LogP contribution in [-0.4, -0.2) is 40.3 Å². The van der Waals surface area contributed by atoms with E-state index in [1.165, 1.54) is 0 Å². The number of carbonyl (C=O) groups is 1. The van der Waals surface area contributed by atoms with Crippen molar-refractivity contribution in [3.63, 3.8) is 0 Å². The van der Waals surface area contributed by atoms with Crippen molar-refractivity contribution >= 4 is 21.6 Å². The minimum atomic E-state index is -4.27. The van der Waals surface area contributed by atoms with E-state index < -0.39 is 33.0 Å². The number of carboxylic acid groups (broad SMARTS) is 1. The third kappa shape index (κ3) is 4.90. The molecule has 6 nitrogen and oxygen atoms in total. The van der Waals surface area contributed by atoms with Crippen LogP contribution in [0.4, 0.5) is 0 Å². The molecule has 5 N–H and O–H groups in total. The van der Waals surface area contributed by atoms with Crippen LogP contribution >= 0.6 is 7.60 Å². The van der Waals surface area contributed by atoms with Crippen molar-refractivity contribution in [1.82, 2.24) is 0 Å². The first kappa shape index (κ1) is 14.8. The highest BCUT2D eigenvalue weighted by Gasteiger charge is 2.41. The summed E-state index contributed by atoms with van der Waals surface area (Å²) in [5, 5.41) is 7.69. The number of rotatable bonds is 5. The second kappa shape index (κ2) is 4.76. The molecule has 0 aromatic rings. The molecule has 0 heterocycles. The van der Waals surface area contributed by atoms with E-state index in [0.717, 1.165) is 0 Å². The van der Waals surface area contributed by atoms with Crippen LogP contribution in [0, 0.1) is 0 Å². The van der Waals surface area contributed by atoms with Gasteiger partial charge >= 0.3 is 13.6 Å². The average Bonchev–Trinajstić information content (AvgIpc) is 1.94. The van der Waals surface area contributed by atoms with Crippen molar-refractivity contribution in [3.05, 3.63) is 0 Å². The van der Waals surface area contributed by atoms with Crippen molar-refractivity contribution in [3.8, 4) is 0 Å². The SMILES string of the molecule is C[Si](C)(C)[C@@H](C[C@H](N)C(=O)O)P(=O)(O)O. The number of nitrogens with two attached hydrogens (primary N) is 1. The van der Waals surface area contributed by atoms with Gasteiger partial charge in [-0.25, -0.2) is 0 Å². The molecule has 0 spiro atoms. The topological polar surface area (TPSA) is 121 Å². The summed E-state index contributed by atoms with van der Waals surface area (Å²) in [6, 6.07) is -1.21. The van der Waals surface area contributed by atoms with Gasteiger partial charge in [0.1, 0.15) is 6.04 Å². The van der Waals surface area contributed by atoms with Crippen LogP contribution in [0.5, 0.6) is 0 Å². The van der Waals surface area contributed by atoms with E-state index in [2.05, 4.69) is 0 Å². The summed E-state index contributed by atoms with van der Waals surface area (Å²) in [5.41, 5.74) is 5.29. The zero-order chi connectivity index (χ0) is 12.4. The van der Waals surface area contributed by atoms with E-state index in [0.29, 0.717) is 0 Å². The maximum atomic E-state index is 11.2. The van der Waals surface area contributed by atoms with E-state index in [9.17, 15) is 9.36 Å². The van der Waals surface area contributed by atoms with Gasteiger partial charge in [0.25, 0.3) is 0 Å². The minimum Gasteiger partial charge on any atom is -0.480 e. The molecule has 0 fully saturated rings. The molecule has 0 radical (unpaired) electrons. The lowest BCUT2D eigenvalue weighted by Crippen LogP contribution is -2.44. The Morgan fingerprint density at radius 1 is 1.40 bits per heavy atom. The predicted molar refractivity (Wildman–Crippen MR) is 59.4 cm³/mol. The Kier molecular flexibility index (Phi) is 4.69. The zero-order valence-electron chi connectivity index (χ0n) is 9.04. The third-order valence-corrected chi connectivity index (χ3v) is 8.79. The maximum absolute atomic E-state index is 11.2. The van der Waals surface area contributed by atoms with Gasteiger partial charge in [0.15, 0.2) is 0 Å². The molecule has 0 bridgehead atoms. The lowest BCUT2D eigenvalue weighted by Gasteiger charge is -2.30. The number of hydrogen-bond acceptors (Lipinski definition) is 3. The van der Waals surface area contributed by atoms with E-state index in [4.69, 9.17) is 20.6 Å². The summed E-state index contributed by atoms with van der Waals surface area (Å²) in [6.45, 7) is 5.35. The lowest BCUT2D eigenvalue weighted by atomic mass is 10.2. The van der Waals surface area contributed by atoms with E-state index in [1.54, 1.807) is 19.6 Å². The first-order valence-electron chi connectivity index (χ1n) is 4.50. The second-order valence-corrected chi connectivity index (χ2v) is 12.4. The normalized spacial score (nSPS) is 17.2. The standard InChI is InChI=1S/C7H18NO5PSi/c1-15(2,3)6(14(11,12)13)4-5(8)7(9)10/h5-6H,4,8H2,1-3H3,(H,9,10)(H2,11,12,13)/t5-,6-/m0/s1. The Morgan fingerprint density at radius 2 is 1.80 bits per heavy atom. The molecule has 0 aromatic carbocycles. The Balaban J connectivity index is 4.85. The quantitative estimate of drug-likeness (QED) is 0.411. The molecule has 2 atom stereocenters. The summed E-state index contributed by atoms with van der Waals surface area (Å²) >= 11 is 0. The largest absolute Gasteiger partial charge is 0.480 e. The smallest absolute Gasteiger partial charge is 0.325 e. The fourth-order valence-corrected chi connectivity index (χ4v) is 6.84. The van der Waals surface area contributed by atoms with Crippen molar-refractivity contribution in [2.75, 3.05) is 0 Å². The maximum Gasteiger partial charge on any atom is 0.325 e. The molecule has 0 amide bonds. The van der Waals surface area contributed by atoms with Crippen molar-refractivity contribution in [2.45, 2.75) is 37.4 Å². The van der Waals surface area contributed by atoms with Crippen LogP contribution in [0.3, 0.4) is 0 Å². The molecular formula is C7H18NO5PSi. The molecular weight excluding hydrogens is 237 g/mol. The number of aliphatic carboxylic acids is 1. The highest BCUT2D eigenvalue weighted by molar-refractivity contribution is 7.56. The van der Waals surface area contributed by atoms with Crippen LogP contribution in [0.2, 0.25) is 19.6 Å².